The number of hydrogen-bond donors (Lipinski definition) is 2. The highest BCUT2D eigenvalue weighted by Crippen LogP contribution is 2.41. The van der Waals surface area contributed by atoms with Crippen LogP contribution in [0.1, 0.15) is 49.4 Å². The molecule has 4 heterocycles. The molecule has 1 saturated carbocycles. The van der Waals surface area contributed by atoms with Crippen LogP contribution in [0.3, 0.4) is 0 Å². The molecular formula is C22H24N6O2. The average molecular weight is 404 g/mol. The third kappa shape index (κ3) is 3.28. The third-order valence-electron chi connectivity index (χ3n) is 6.02. The van der Waals surface area contributed by atoms with Crippen LogP contribution in [0.25, 0.3) is 22.9 Å². The van der Waals surface area contributed by atoms with Gasteiger partial charge in [0, 0.05) is 24.2 Å². The zero-order valence-electron chi connectivity index (χ0n) is 17.0. The summed E-state index contributed by atoms with van der Waals surface area (Å²) in [5.74, 6) is 3.01. The number of carbonyl (C=O) groups is 1. The van der Waals surface area contributed by atoms with Crippen molar-refractivity contribution in [2.75, 3.05) is 0 Å². The summed E-state index contributed by atoms with van der Waals surface area (Å²) < 4.78 is 7.57. The number of fused-ring (bicyclic) bond motifs is 3. The first-order valence-corrected chi connectivity index (χ1v) is 10.3. The van der Waals surface area contributed by atoms with Crippen molar-refractivity contribution in [3.8, 4) is 0 Å². The van der Waals surface area contributed by atoms with E-state index in [2.05, 4.69) is 36.8 Å². The quantitative estimate of drug-likeness (QED) is 0.495. The van der Waals surface area contributed by atoms with Gasteiger partial charge in [-0.2, -0.15) is 0 Å². The molecule has 4 aromatic heterocycles. The van der Waals surface area contributed by atoms with E-state index < -0.39 is 0 Å². The van der Waals surface area contributed by atoms with E-state index in [4.69, 9.17) is 4.42 Å². The van der Waals surface area contributed by atoms with Crippen molar-refractivity contribution in [1.29, 1.82) is 0 Å². The number of aryl methyl sites for hydroxylation is 1. The van der Waals surface area contributed by atoms with E-state index in [-0.39, 0.29) is 17.9 Å². The Morgan fingerprint density at radius 2 is 2.23 bits per heavy atom. The molecular weight excluding hydrogens is 380 g/mol. The number of H-pyrrole nitrogens is 1. The van der Waals surface area contributed by atoms with Crippen molar-refractivity contribution >= 4 is 28.8 Å². The van der Waals surface area contributed by atoms with Crippen molar-refractivity contribution in [1.82, 2.24) is 29.9 Å². The fourth-order valence-electron chi connectivity index (χ4n) is 4.60. The number of aromatic nitrogens is 5. The highest BCUT2D eigenvalue weighted by Gasteiger charge is 2.37. The monoisotopic (exact) mass is 404 g/mol. The summed E-state index contributed by atoms with van der Waals surface area (Å²) in [6.07, 6.45) is 9.65. The first-order valence-electron chi connectivity index (χ1n) is 10.3. The molecule has 2 N–H and O–H groups in total. The standard InChI is InChI=1S/C22H24N6O2/c1-3-14-10-15(25-20(29)7-6-16-5-4-13(2)30-16)11-17(14)22-27-26-19-12-24-21-18(28(19)22)8-9-23-21/h4-9,12,14-15,17,23H,3,10-11H2,1-2H3,(H,25,29)/b7-6+/t14-,15+,17+/m1/s1. The molecule has 1 aliphatic carbocycles. The third-order valence-corrected chi connectivity index (χ3v) is 6.02. The van der Waals surface area contributed by atoms with Gasteiger partial charge in [0.05, 0.1) is 11.7 Å². The zero-order chi connectivity index (χ0) is 20.7. The predicted octanol–water partition coefficient (Wildman–Crippen LogP) is 3.61. The molecule has 1 aliphatic rings. The number of aromatic amines is 1. The Morgan fingerprint density at radius 3 is 3.03 bits per heavy atom. The maximum absolute atomic E-state index is 12.4. The number of amides is 1. The van der Waals surface area contributed by atoms with Gasteiger partial charge in [-0.25, -0.2) is 4.98 Å². The van der Waals surface area contributed by atoms with Crippen LogP contribution in [0, 0.1) is 12.8 Å². The second kappa shape index (κ2) is 7.44. The number of nitrogens with one attached hydrogen (secondary N) is 2. The fourth-order valence-corrected chi connectivity index (χ4v) is 4.60. The van der Waals surface area contributed by atoms with Crippen LogP contribution in [0.15, 0.2) is 41.1 Å². The van der Waals surface area contributed by atoms with Gasteiger partial charge in [-0.05, 0) is 50.0 Å². The minimum absolute atomic E-state index is 0.103. The van der Waals surface area contributed by atoms with Crippen LogP contribution < -0.4 is 5.32 Å². The summed E-state index contributed by atoms with van der Waals surface area (Å²) in [7, 11) is 0. The molecule has 0 bridgehead atoms. The summed E-state index contributed by atoms with van der Waals surface area (Å²) in [6, 6.07) is 5.83. The van der Waals surface area contributed by atoms with Crippen LogP contribution >= 0.6 is 0 Å². The molecule has 0 aliphatic heterocycles. The number of carbonyl (C=O) groups excluding carboxylic acids is 1. The van der Waals surface area contributed by atoms with Crippen LogP contribution in [0.2, 0.25) is 0 Å². The van der Waals surface area contributed by atoms with E-state index in [0.29, 0.717) is 11.7 Å². The summed E-state index contributed by atoms with van der Waals surface area (Å²) in [5.41, 5.74) is 2.54. The maximum atomic E-state index is 12.4. The van der Waals surface area contributed by atoms with E-state index in [1.807, 2.05) is 31.3 Å². The van der Waals surface area contributed by atoms with Gasteiger partial charge in [-0.3, -0.25) is 9.20 Å². The van der Waals surface area contributed by atoms with Crippen LogP contribution in [0.4, 0.5) is 0 Å². The molecule has 8 heteroatoms. The zero-order valence-corrected chi connectivity index (χ0v) is 17.0. The van der Waals surface area contributed by atoms with E-state index >= 15 is 0 Å². The second-order valence-corrected chi connectivity index (χ2v) is 7.96. The first kappa shape index (κ1) is 18.6. The lowest BCUT2D eigenvalue weighted by Gasteiger charge is -2.15. The Balaban J connectivity index is 1.36. The molecule has 30 heavy (non-hydrogen) atoms. The normalized spacial score (nSPS) is 21.9. The number of nitrogens with zero attached hydrogens (tertiary/aromatic N) is 4. The first-order chi connectivity index (χ1) is 14.6. The van der Waals surface area contributed by atoms with Crippen molar-refractivity contribution in [3.05, 3.63) is 54.0 Å². The minimum atomic E-state index is -0.104. The van der Waals surface area contributed by atoms with Gasteiger partial charge in [-0.15, -0.1) is 10.2 Å². The van der Waals surface area contributed by atoms with E-state index in [1.165, 1.54) is 6.08 Å². The van der Waals surface area contributed by atoms with E-state index in [0.717, 1.165) is 47.7 Å². The summed E-state index contributed by atoms with van der Waals surface area (Å²) >= 11 is 0. The van der Waals surface area contributed by atoms with Gasteiger partial charge in [0.25, 0.3) is 0 Å². The molecule has 0 saturated heterocycles. The summed E-state index contributed by atoms with van der Waals surface area (Å²) in [5, 5.41) is 12.0. The molecule has 5 rings (SSSR count). The van der Waals surface area contributed by atoms with Gasteiger partial charge < -0.3 is 14.7 Å². The van der Waals surface area contributed by atoms with Gasteiger partial charge in [0.2, 0.25) is 5.91 Å². The van der Waals surface area contributed by atoms with Crippen LogP contribution in [-0.4, -0.2) is 36.5 Å². The lowest BCUT2D eigenvalue weighted by molar-refractivity contribution is -0.117. The fraction of sp³-hybridized carbons (Fsp3) is 0.364. The Bertz CT molecular complexity index is 1230. The Morgan fingerprint density at radius 1 is 1.33 bits per heavy atom. The van der Waals surface area contributed by atoms with Crippen molar-refractivity contribution < 1.29 is 9.21 Å². The SMILES string of the molecule is CC[C@@H]1C[C@H](NC(=O)/C=C/c2ccc(C)o2)C[C@@H]1c1nnc2cnc3[nH]ccc3n12. The summed E-state index contributed by atoms with van der Waals surface area (Å²) in [4.78, 5) is 20.0. The summed E-state index contributed by atoms with van der Waals surface area (Å²) in [6.45, 7) is 4.07. The molecule has 0 unspecified atom stereocenters. The largest absolute Gasteiger partial charge is 0.462 e. The van der Waals surface area contributed by atoms with Crippen molar-refractivity contribution in [2.24, 2.45) is 5.92 Å². The minimum Gasteiger partial charge on any atom is -0.462 e. The number of furan rings is 1. The topological polar surface area (TPSA) is 101 Å². The molecule has 154 valence electrons. The highest BCUT2D eigenvalue weighted by molar-refractivity contribution is 5.91. The van der Waals surface area contributed by atoms with Gasteiger partial charge in [-0.1, -0.05) is 13.3 Å². The van der Waals surface area contributed by atoms with Crippen LogP contribution in [-0.2, 0) is 4.79 Å². The molecule has 1 fully saturated rings. The van der Waals surface area contributed by atoms with Crippen LogP contribution in [0.5, 0.6) is 0 Å². The smallest absolute Gasteiger partial charge is 0.244 e. The Labute approximate surface area is 173 Å². The molecule has 1 amide bonds. The van der Waals surface area contributed by atoms with Gasteiger partial charge in [0.1, 0.15) is 17.3 Å². The van der Waals surface area contributed by atoms with Crippen molar-refractivity contribution in [3.63, 3.8) is 0 Å². The predicted molar refractivity (Wildman–Crippen MR) is 113 cm³/mol. The van der Waals surface area contributed by atoms with E-state index in [1.54, 1.807) is 12.3 Å². The number of hydrogen-bond acceptors (Lipinski definition) is 5. The lowest BCUT2D eigenvalue weighted by atomic mass is 9.93. The molecule has 4 aromatic rings. The van der Waals surface area contributed by atoms with Gasteiger partial charge in [0.15, 0.2) is 11.3 Å². The molecule has 8 nitrogen and oxygen atoms in total. The second-order valence-electron chi connectivity index (χ2n) is 7.96. The molecule has 0 aromatic carbocycles. The van der Waals surface area contributed by atoms with E-state index in [9.17, 15) is 4.79 Å². The van der Waals surface area contributed by atoms with Gasteiger partial charge >= 0.3 is 0 Å². The molecule has 0 radical (unpaired) electrons. The maximum Gasteiger partial charge on any atom is 0.244 e. The molecule has 0 spiro atoms. The van der Waals surface area contributed by atoms with Crippen molar-refractivity contribution in [2.45, 2.75) is 45.1 Å². The lowest BCUT2D eigenvalue weighted by Crippen LogP contribution is -2.31. The Kier molecular flexibility index (Phi) is 4.61. The highest BCUT2D eigenvalue weighted by atomic mass is 16.3. The number of rotatable bonds is 5. The average Bonchev–Trinajstić information content (AvgIpc) is 3.50. The Hall–Kier alpha value is -3.42. The molecule has 3 atom stereocenters.